The predicted octanol–water partition coefficient (Wildman–Crippen LogP) is 2.71. The minimum Gasteiger partial charge on any atom is -0.495 e. The third-order valence-corrected chi connectivity index (χ3v) is 2.89. The van der Waals surface area contributed by atoms with Gasteiger partial charge in [0.2, 0.25) is 5.91 Å². The number of carbonyl (C=O) groups is 2. The monoisotopic (exact) mass is 308 g/mol. The Morgan fingerprint density at radius 2 is 1.91 bits per heavy atom. The molecule has 0 aliphatic heterocycles. The molecule has 0 saturated carbocycles. The van der Waals surface area contributed by atoms with Crippen molar-refractivity contribution in [3.8, 4) is 5.75 Å². The van der Waals surface area contributed by atoms with Gasteiger partial charge in [-0.25, -0.2) is 4.79 Å². The molecule has 0 heterocycles. The molecular weight excluding hydrogens is 284 g/mol. The molecule has 1 aromatic carbocycles. The van der Waals surface area contributed by atoms with Crippen LogP contribution >= 0.6 is 0 Å². The summed E-state index contributed by atoms with van der Waals surface area (Å²) in [7, 11) is 1.53. The van der Waals surface area contributed by atoms with E-state index < -0.39 is 12.1 Å². The van der Waals surface area contributed by atoms with Crippen LogP contribution in [0.5, 0.6) is 5.75 Å². The number of alkyl carbamates (subject to hydrolysis) is 1. The second-order valence-electron chi connectivity index (χ2n) is 5.55. The number of hydrogen-bond donors (Lipinski definition) is 2. The lowest BCUT2D eigenvalue weighted by atomic mass is 10.2. The van der Waals surface area contributed by atoms with Gasteiger partial charge in [0.05, 0.1) is 19.4 Å². The molecule has 0 aliphatic rings. The van der Waals surface area contributed by atoms with Gasteiger partial charge >= 0.3 is 6.09 Å². The molecule has 22 heavy (non-hydrogen) atoms. The first-order valence-corrected chi connectivity index (χ1v) is 7.22. The minimum absolute atomic E-state index is 0.242. The van der Waals surface area contributed by atoms with Crippen LogP contribution in [0.3, 0.4) is 0 Å². The topological polar surface area (TPSA) is 76.7 Å². The SMILES string of the molecule is COc1ccc(C)cc1NC(=O)[C@H](C)NC(=O)OCC(C)C. The second-order valence-corrected chi connectivity index (χ2v) is 5.55. The van der Waals surface area contributed by atoms with Crippen LogP contribution in [0.1, 0.15) is 26.3 Å². The summed E-state index contributed by atoms with van der Waals surface area (Å²) in [5.74, 6) is 0.463. The van der Waals surface area contributed by atoms with Gasteiger partial charge in [0.25, 0.3) is 0 Å². The maximum Gasteiger partial charge on any atom is 0.407 e. The van der Waals surface area contributed by atoms with Crippen LogP contribution in [0.4, 0.5) is 10.5 Å². The van der Waals surface area contributed by atoms with E-state index >= 15 is 0 Å². The number of anilines is 1. The summed E-state index contributed by atoms with van der Waals surface area (Å²) >= 11 is 0. The van der Waals surface area contributed by atoms with Crippen LogP contribution in [-0.4, -0.2) is 31.8 Å². The van der Waals surface area contributed by atoms with Crippen LogP contribution < -0.4 is 15.4 Å². The Bertz CT molecular complexity index is 529. The van der Waals surface area contributed by atoms with Crippen LogP contribution in [0.15, 0.2) is 18.2 Å². The van der Waals surface area contributed by atoms with Crippen LogP contribution in [-0.2, 0) is 9.53 Å². The molecular formula is C16H24N2O4. The predicted molar refractivity (Wildman–Crippen MR) is 85.1 cm³/mol. The molecule has 0 spiro atoms. The molecule has 1 atom stereocenters. The van der Waals surface area contributed by atoms with Gasteiger partial charge in [-0.1, -0.05) is 19.9 Å². The number of benzene rings is 1. The number of carbonyl (C=O) groups excluding carboxylic acids is 2. The molecule has 2 amide bonds. The Kier molecular flexibility index (Phi) is 6.69. The van der Waals surface area contributed by atoms with Gasteiger partial charge in [0.1, 0.15) is 11.8 Å². The van der Waals surface area contributed by atoms with Gasteiger partial charge < -0.3 is 20.1 Å². The fraction of sp³-hybridized carbons (Fsp3) is 0.500. The Balaban J connectivity index is 2.61. The standard InChI is InChI=1S/C16H24N2O4/c1-10(2)9-22-16(20)17-12(4)15(19)18-13-8-11(3)6-7-14(13)21-5/h6-8,10,12H,9H2,1-5H3,(H,17,20)(H,18,19)/t12-/m0/s1. The van der Waals surface area contributed by atoms with E-state index in [1.54, 1.807) is 19.1 Å². The van der Waals surface area contributed by atoms with Crippen LogP contribution in [0.25, 0.3) is 0 Å². The Morgan fingerprint density at radius 3 is 2.50 bits per heavy atom. The van der Waals surface area contributed by atoms with Crippen molar-refractivity contribution in [1.82, 2.24) is 5.32 Å². The molecule has 1 aromatic rings. The van der Waals surface area contributed by atoms with E-state index in [9.17, 15) is 9.59 Å². The van der Waals surface area contributed by atoms with E-state index in [4.69, 9.17) is 9.47 Å². The van der Waals surface area contributed by atoms with E-state index in [-0.39, 0.29) is 11.8 Å². The average molecular weight is 308 g/mol. The van der Waals surface area contributed by atoms with Gasteiger partial charge in [-0.2, -0.15) is 0 Å². The Labute approximate surface area is 131 Å². The van der Waals surface area contributed by atoms with Crippen molar-refractivity contribution in [2.75, 3.05) is 19.0 Å². The van der Waals surface area contributed by atoms with Gasteiger partial charge in [0.15, 0.2) is 0 Å². The van der Waals surface area contributed by atoms with Crippen molar-refractivity contribution in [1.29, 1.82) is 0 Å². The first-order chi connectivity index (χ1) is 10.3. The Hall–Kier alpha value is -2.24. The fourth-order valence-electron chi connectivity index (χ4n) is 1.69. The normalized spacial score (nSPS) is 11.7. The molecule has 2 N–H and O–H groups in total. The highest BCUT2D eigenvalue weighted by atomic mass is 16.5. The summed E-state index contributed by atoms with van der Waals surface area (Å²) in [6.07, 6.45) is -0.604. The number of amides is 2. The zero-order valence-electron chi connectivity index (χ0n) is 13.7. The summed E-state index contributed by atoms with van der Waals surface area (Å²) in [5.41, 5.74) is 1.56. The zero-order chi connectivity index (χ0) is 16.7. The van der Waals surface area contributed by atoms with Gasteiger partial charge in [0, 0.05) is 0 Å². The van der Waals surface area contributed by atoms with E-state index in [1.165, 1.54) is 7.11 Å². The van der Waals surface area contributed by atoms with Crippen molar-refractivity contribution >= 4 is 17.7 Å². The summed E-state index contributed by atoms with van der Waals surface area (Å²) in [6.45, 7) is 7.70. The van der Waals surface area contributed by atoms with Crippen molar-refractivity contribution in [2.24, 2.45) is 5.92 Å². The van der Waals surface area contributed by atoms with E-state index in [0.29, 0.717) is 18.0 Å². The number of rotatable bonds is 6. The van der Waals surface area contributed by atoms with Gasteiger partial charge in [-0.05, 0) is 37.5 Å². The largest absolute Gasteiger partial charge is 0.495 e. The zero-order valence-corrected chi connectivity index (χ0v) is 13.7. The lowest BCUT2D eigenvalue weighted by Gasteiger charge is -2.16. The summed E-state index contributed by atoms with van der Waals surface area (Å²) in [6, 6.07) is 4.75. The molecule has 0 aromatic heterocycles. The maximum atomic E-state index is 12.1. The van der Waals surface area contributed by atoms with Gasteiger partial charge in [-0.15, -0.1) is 0 Å². The maximum absolute atomic E-state index is 12.1. The van der Waals surface area contributed by atoms with Gasteiger partial charge in [-0.3, -0.25) is 4.79 Å². The van der Waals surface area contributed by atoms with Crippen LogP contribution in [0.2, 0.25) is 0 Å². The molecule has 1 rings (SSSR count). The fourth-order valence-corrected chi connectivity index (χ4v) is 1.69. The molecule has 0 aliphatic carbocycles. The molecule has 0 unspecified atom stereocenters. The molecule has 122 valence electrons. The highest BCUT2D eigenvalue weighted by molar-refractivity contribution is 5.97. The Morgan fingerprint density at radius 1 is 1.23 bits per heavy atom. The molecule has 0 radical (unpaired) electrons. The molecule has 0 fully saturated rings. The summed E-state index contributed by atoms with van der Waals surface area (Å²) < 4.78 is 10.2. The lowest BCUT2D eigenvalue weighted by molar-refractivity contribution is -0.117. The minimum atomic E-state index is -0.718. The smallest absolute Gasteiger partial charge is 0.407 e. The lowest BCUT2D eigenvalue weighted by Crippen LogP contribution is -2.42. The number of hydrogen-bond acceptors (Lipinski definition) is 4. The number of aryl methyl sites for hydroxylation is 1. The van der Waals surface area contributed by atoms with E-state index in [1.807, 2.05) is 26.8 Å². The number of methoxy groups -OCH3 is 1. The number of nitrogens with one attached hydrogen (secondary N) is 2. The van der Waals surface area contributed by atoms with Crippen LogP contribution in [0, 0.1) is 12.8 Å². The summed E-state index contributed by atoms with van der Waals surface area (Å²) in [4.78, 5) is 23.7. The average Bonchev–Trinajstić information content (AvgIpc) is 2.45. The van der Waals surface area contributed by atoms with E-state index in [2.05, 4.69) is 10.6 Å². The third kappa shape index (κ3) is 5.63. The number of ether oxygens (including phenoxy) is 2. The van der Waals surface area contributed by atoms with Crippen molar-refractivity contribution in [2.45, 2.75) is 33.7 Å². The van der Waals surface area contributed by atoms with Crippen molar-refractivity contribution in [3.63, 3.8) is 0 Å². The quantitative estimate of drug-likeness (QED) is 0.847. The third-order valence-electron chi connectivity index (χ3n) is 2.89. The molecule has 6 heteroatoms. The highest BCUT2D eigenvalue weighted by Crippen LogP contribution is 2.25. The molecule has 0 bridgehead atoms. The molecule has 6 nitrogen and oxygen atoms in total. The first kappa shape index (κ1) is 17.8. The first-order valence-electron chi connectivity index (χ1n) is 7.22. The van der Waals surface area contributed by atoms with Crippen molar-refractivity contribution < 1.29 is 19.1 Å². The van der Waals surface area contributed by atoms with E-state index in [0.717, 1.165) is 5.56 Å². The summed E-state index contributed by atoms with van der Waals surface area (Å²) in [5, 5.41) is 5.23. The highest BCUT2D eigenvalue weighted by Gasteiger charge is 2.18. The second kappa shape index (κ2) is 8.26. The molecule has 0 saturated heterocycles. The van der Waals surface area contributed by atoms with Crippen molar-refractivity contribution in [3.05, 3.63) is 23.8 Å².